The number of ether oxygens (including phenoxy) is 4. The second-order valence-corrected chi connectivity index (χ2v) is 6.41. The third-order valence-electron chi connectivity index (χ3n) is 4.45. The van der Waals surface area contributed by atoms with Crippen LogP contribution in [0.15, 0.2) is 29.1 Å². The van der Waals surface area contributed by atoms with Crippen LogP contribution in [0, 0.1) is 13.8 Å². The van der Waals surface area contributed by atoms with Gasteiger partial charge in [-0.3, -0.25) is 9.59 Å². The Hall–Kier alpha value is -3.00. The van der Waals surface area contributed by atoms with E-state index in [1.54, 1.807) is 36.8 Å². The van der Waals surface area contributed by atoms with E-state index in [1.165, 1.54) is 0 Å². The van der Waals surface area contributed by atoms with Gasteiger partial charge in [-0.25, -0.2) is 0 Å². The molecule has 1 aliphatic rings. The van der Waals surface area contributed by atoms with E-state index in [2.05, 4.69) is 5.32 Å². The zero-order chi connectivity index (χ0) is 20.1. The summed E-state index contributed by atoms with van der Waals surface area (Å²) in [6, 6.07) is 7.11. The summed E-state index contributed by atoms with van der Waals surface area (Å²) in [5.74, 6) is 1.52. The van der Waals surface area contributed by atoms with Crippen molar-refractivity contribution in [3.63, 3.8) is 0 Å². The standard InChI is InChI=1S/C20H24N2O6/c1-13-10-14(2)22(7-9-25-3)20(24)18(13)19(23)21-6-8-26-15-4-5-16-17(11-15)28-12-27-16/h4-5,10-11H,6-9,12H2,1-3H3,(H,21,23). The lowest BCUT2D eigenvalue weighted by atomic mass is 10.1. The van der Waals surface area contributed by atoms with E-state index in [-0.39, 0.29) is 31.1 Å². The Labute approximate surface area is 163 Å². The van der Waals surface area contributed by atoms with Gasteiger partial charge in [0.05, 0.1) is 13.2 Å². The minimum absolute atomic E-state index is 0.143. The summed E-state index contributed by atoms with van der Waals surface area (Å²) < 4.78 is 22.8. The highest BCUT2D eigenvalue weighted by Crippen LogP contribution is 2.34. The summed E-state index contributed by atoms with van der Waals surface area (Å²) in [7, 11) is 1.57. The molecule has 0 saturated heterocycles. The van der Waals surface area contributed by atoms with E-state index < -0.39 is 5.91 Å². The van der Waals surface area contributed by atoms with Crippen molar-refractivity contribution in [1.29, 1.82) is 0 Å². The minimum Gasteiger partial charge on any atom is -0.492 e. The first-order chi connectivity index (χ1) is 13.5. The number of hydrogen-bond acceptors (Lipinski definition) is 6. The Kier molecular flexibility index (Phi) is 6.20. The molecule has 8 nitrogen and oxygen atoms in total. The number of hydrogen-bond donors (Lipinski definition) is 1. The maximum atomic E-state index is 12.7. The molecule has 0 atom stereocenters. The quantitative estimate of drug-likeness (QED) is 0.692. The van der Waals surface area contributed by atoms with Crippen molar-refractivity contribution in [1.82, 2.24) is 9.88 Å². The Morgan fingerprint density at radius 1 is 1.18 bits per heavy atom. The summed E-state index contributed by atoms with van der Waals surface area (Å²) in [5, 5.41) is 2.74. The van der Waals surface area contributed by atoms with Crippen LogP contribution in [0.25, 0.3) is 0 Å². The summed E-state index contributed by atoms with van der Waals surface area (Å²) in [5.41, 5.74) is 1.26. The molecule has 0 aliphatic carbocycles. The summed E-state index contributed by atoms with van der Waals surface area (Å²) in [6.45, 7) is 5.11. The number of aryl methyl sites for hydroxylation is 2. The molecule has 2 heterocycles. The van der Waals surface area contributed by atoms with E-state index in [0.29, 0.717) is 36.0 Å². The number of rotatable bonds is 8. The number of aromatic nitrogens is 1. The normalized spacial score (nSPS) is 12.1. The molecule has 0 spiro atoms. The third-order valence-corrected chi connectivity index (χ3v) is 4.45. The highest BCUT2D eigenvalue weighted by molar-refractivity contribution is 5.95. The average Bonchev–Trinajstić information content (AvgIpc) is 3.12. The molecular weight excluding hydrogens is 364 g/mol. The van der Waals surface area contributed by atoms with Crippen molar-refractivity contribution < 1.29 is 23.7 Å². The van der Waals surface area contributed by atoms with Gasteiger partial charge in [-0.05, 0) is 37.6 Å². The molecule has 1 N–H and O–H groups in total. The van der Waals surface area contributed by atoms with Gasteiger partial charge in [0.1, 0.15) is 17.9 Å². The predicted molar refractivity (Wildman–Crippen MR) is 102 cm³/mol. The number of pyridine rings is 1. The fourth-order valence-corrected chi connectivity index (χ4v) is 3.05. The van der Waals surface area contributed by atoms with Crippen molar-refractivity contribution >= 4 is 5.91 Å². The largest absolute Gasteiger partial charge is 0.492 e. The van der Waals surface area contributed by atoms with Crippen molar-refractivity contribution in [2.45, 2.75) is 20.4 Å². The van der Waals surface area contributed by atoms with Gasteiger partial charge in [-0.15, -0.1) is 0 Å². The van der Waals surface area contributed by atoms with Crippen molar-refractivity contribution in [3.05, 3.63) is 51.4 Å². The molecule has 0 saturated carbocycles. The molecule has 3 rings (SSSR count). The molecule has 1 aromatic carbocycles. The van der Waals surface area contributed by atoms with Gasteiger partial charge in [0.2, 0.25) is 6.79 Å². The van der Waals surface area contributed by atoms with Gasteiger partial charge in [0.25, 0.3) is 11.5 Å². The smallest absolute Gasteiger partial charge is 0.263 e. The van der Waals surface area contributed by atoms with E-state index in [9.17, 15) is 9.59 Å². The highest BCUT2D eigenvalue weighted by Gasteiger charge is 2.17. The number of carbonyl (C=O) groups excluding carboxylic acids is 1. The van der Waals surface area contributed by atoms with E-state index in [0.717, 1.165) is 5.69 Å². The fourth-order valence-electron chi connectivity index (χ4n) is 3.05. The molecule has 0 unspecified atom stereocenters. The van der Waals surface area contributed by atoms with Gasteiger partial charge in [-0.1, -0.05) is 0 Å². The lowest BCUT2D eigenvalue weighted by Crippen LogP contribution is -2.37. The number of nitrogens with zero attached hydrogens (tertiary/aromatic N) is 1. The molecule has 8 heteroatoms. The van der Waals surface area contributed by atoms with Gasteiger partial charge in [-0.2, -0.15) is 0 Å². The first-order valence-electron chi connectivity index (χ1n) is 9.02. The number of carbonyl (C=O) groups is 1. The molecule has 150 valence electrons. The number of amides is 1. The highest BCUT2D eigenvalue weighted by atomic mass is 16.7. The van der Waals surface area contributed by atoms with Gasteiger partial charge in [0.15, 0.2) is 11.5 Å². The zero-order valence-electron chi connectivity index (χ0n) is 16.2. The number of methoxy groups -OCH3 is 1. The van der Waals surface area contributed by atoms with E-state index in [4.69, 9.17) is 18.9 Å². The van der Waals surface area contributed by atoms with Crippen LogP contribution in [0.3, 0.4) is 0 Å². The van der Waals surface area contributed by atoms with Crippen LogP contribution in [0.4, 0.5) is 0 Å². The molecule has 0 fully saturated rings. The average molecular weight is 388 g/mol. The number of nitrogens with one attached hydrogen (secondary N) is 1. The van der Waals surface area contributed by atoms with Crippen molar-refractivity contribution in [3.8, 4) is 17.2 Å². The third kappa shape index (κ3) is 4.28. The SMILES string of the molecule is COCCn1c(C)cc(C)c(C(=O)NCCOc2ccc3c(c2)OCO3)c1=O. The van der Waals surface area contributed by atoms with Crippen LogP contribution in [0.5, 0.6) is 17.2 Å². The first kappa shape index (κ1) is 19.8. The molecule has 0 bridgehead atoms. The van der Waals surface area contributed by atoms with Gasteiger partial charge in [0, 0.05) is 25.4 Å². The first-order valence-corrected chi connectivity index (χ1v) is 9.02. The Bertz CT molecular complexity index is 922. The van der Waals surface area contributed by atoms with Gasteiger partial charge >= 0.3 is 0 Å². The van der Waals surface area contributed by atoms with Crippen LogP contribution < -0.4 is 25.1 Å². The summed E-state index contributed by atoms with van der Waals surface area (Å²) in [6.07, 6.45) is 0. The Morgan fingerprint density at radius 2 is 1.96 bits per heavy atom. The van der Waals surface area contributed by atoms with E-state index >= 15 is 0 Å². The molecule has 28 heavy (non-hydrogen) atoms. The summed E-state index contributed by atoms with van der Waals surface area (Å²) in [4.78, 5) is 25.3. The molecule has 2 aromatic rings. The Morgan fingerprint density at radius 3 is 2.75 bits per heavy atom. The Balaban J connectivity index is 1.59. The molecule has 0 radical (unpaired) electrons. The topological polar surface area (TPSA) is 88.0 Å². The fraction of sp³-hybridized carbons (Fsp3) is 0.400. The molecule has 1 aromatic heterocycles. The molecule has 1 amide bonds. The second-order valence-electron chi connectivity index (χ2n) is 6.41. The number of fused-ring (bicyclic) bond motifs is 1. The van der Waals surface area contributed by atoms with E-state index in [1.807, 2.05) is 13.0 Å². The van der Waals surface area contributed by atoms with Crippen LogP contribution in [-0.2, 0) is 11.3 Å². The number of benzene rings is 1. The van der Waals surface area contributed by atoms with Crippen LogP contribution in [-0.4, -0.2) is 44.1 Å². The predicted octanol–water partition coefficient (Wildman–Crippen LogP) is 1.65. The molecule has 1 aliphatic heterocycles. The van der Waals surface area contributed by atoms with Crippen LogP contribution in [0.1, 0.15) is 21.6 Å². The minimum atomic E-state index is -0.414. The van der Waals surface area contributed by atoms with Crippen LogP contribution in [0.2, 0.25) is 0 Å². The lowest BCUT2D eigenvalue weighted by molar-refractivity contribution is 0.0943. The second kappa shape index (κ2) is 8.79. The molecular formula is C20H24N2O6. The maximum Gasteiger partial charge on any atom is 0.263 e. The van der Waals surface area contributed by atoms with Crippen LogP contribution >= 0.6 is 0 Å². The summed E-state index contributed by atoms with van der Waals surface area (Å²) >= 11 is 0. The van der Waals surface area contributed by atoms with Crippen molar-refractivity contribution in [2.24, 2.45) is 0 Å². The monoisotopic (exact) mass is 388 g/mol. The van der Waals surface area contributed by atoms with Crippen molar-refractivity contribution in [2.75, 3.05) is 33.7 Å². The van der Waals surface area contributed by atoms with Gasteiger partial charge < -0.3 is 28.8 Å². The lowest BCUT2D eigenvalue weighted by Gasteiger charge is -2.14. The maximum absolute atomic E-state index is 12.7. The zero-order valence-corrected chi connectivity index (χ0v) is 16.2.